The predicted molar refractivity (Wildman–Crippen MR) is 114 cm³/mol. The van der Waals surface area contributed by atoms with E-state index < -0.39 is 21.7 Å². The first kappa shape index (κ1) is 24.6. The van der Waals surface area contributed by atoms with Gasteiger partial charge in [-0.25, -0.2) is 0 Å². The molecule has 2 aromatic rings. The third kappa shape index (κ3) is 5.96. The Morgan fingerprint density at radius 2 is 1.34 bits per heavy atom. The molecule has 32 heavy (non-hydrogen) atoms. The van der Waals surface area contributed by atoms with Gasteiger partial charge in [0, 0.05) is 65.5 Å². The molecule has 0 radical (unpaired) electrons. The topological polar surface area (TPSA) is 184 Å². The molecule has 0 aliphatic carbocycles. The van der Waals surface area contributed by atoms with E-state index in [2.05, 4.69) is 10.6 Å². The van der Waals surface area contributed by atoms with Gasteiger partial charge in [0.25, 0.3) is 23.2 Å². The van der Waals surface area contributed by atoms with Crippen LogP contribution in [0.25, 0.3) is 0 Å². The number of nitro groups is 2. The van der Waals surface area contributed by atoms with Crippen molar-refractivity contribution >= 4 is 23.2 Å². The van der Waals surface area contributed by atoms with Gasteiger partial charge in [0.15, 0.2) is 0 Å². The average molecular weight is 450 g/mol. The number of aromatic nitrogens is 2. The highest BCUT2D eigenvalue weighted by Crippen LogP contribution is 2.20. The largest absolute Gasteiger partial charge is 0.340 e. The zero-order chi connectivity index (χ0) is 23.8. The third-order valence-corrected chi connectivity index (χ3v) is 4.64. The lowest BCUT2D eigenvalue weighted by atomic mass is 10.3. The van der Waals surface area contributed by atoms with Crippen LogP contribution in [0.2, 0.25) is 0 Å². The van der Waals surface area contributed by atoms with Crippen molar-refractivity contribution in [3.05, 3.63) is 56.1 Å². The van der Waals surface area contributed by atoms with Crippen molar-refractivity contribution in [2.45, 2.75) is 0 Å². The minimum Gasteiger partial charge on any atom is -0.340 e. The monoisotopic (exact) mass is 450 g/mol. The number of hydrogen-bond donors (Lipinski definition) is 3. The molecule has 14 heteroatoms. The van der Waals surface area contributed by atoms with Crippen LogP contribution in [0, 0.1) is 20.2 Å². The van der Waals surface area contributed by atoms with Crippen molar-refractivity contribution in [2.75, 3.05) is 39.3 Å². The first-order chi connectivity index (χ1) is 15.2. The van der Waals surface area contributed by atoms with Crippen molar-refractivity contribution in [1.29, 1.82) is 0 Å². The molecule has 0 bridgehead atoms. The Labute approximate surface area is 183 Å². The van der Waals surface area contributed by atoms with Crippen LogP contribution in [0.3, 0.4) is 0 Å². The summed E-state index contributed by atoms with van der Waals surface area (Å²) in [7, 11) is 2.91. The molecule has 2 heterocycles. The highest BCUT2D eigenvalue weighted by atomic mass is 16.6. The molecular formula is C18H26N8O6. The van der Waals surface area contributed by atoms with E-state index in [-0.39, 0.29) is 35.9 Å². The zero-order valence-electron chi connectivity index (χ0n) is 17.8. The lowest BCUT2D eigenvalue weighted by Gasteiger charge is -2.21. The second-order valence-corrected chi connectivity index (χ2v) is 6.95. The molecule has 0 unspecified atom stereocenters. The van der Waals surface area contributed by atoms with Crippen LogP contribution in [0.1, 0.15) is 21.0 Å². The minimum absolute atomic E-state index is 0.0491. The molecule has 0 atom stereocenters. The zero-order valence-corrected chi connectivity index (χ0v) is 17.8. The first-order valence-corrected chi connectivity index (χ1v) is 9.76. The van der Waals surface area contributed by atoms with Gasteiger partial charge in [0.05, 0.1) is 22.2 Å². The van der Waals surface area contributed by atoms with Gasteiger partial charge in [0.2, 0.25) is 0 Å². The van der Waals surface area contributed by atoms with E-state index in [9.17, 15) is 29.8 Å². The molecule has 2 rings (SSSR count). The molecule has 0 fully saturated rings. The smallest absolute Gasteiger partial charge is 0.287 e. The lowest BCUT2D eigenvalue weighted by molar-refractivity contribution is -0.385. The fourth-order valence-corrected chi connectivity index (χ4v) is 3.01. The van der Waals surface area contributed by atoms with E-state index in [1.54, 1.807) is 0 Å². The molecule has 0 aliphatic heterocycles. The Balaban J connectivity index is 2.24. The van der Waals surface area contributed by atoms with Crippen molar-refractivity contribution in [3.63, 3.8) is 0 Å². The van der Waals surface area contributed by atoms with Gasteiger partial charge in [-0.05, 0) is 0 Å². The Morgan fingerprint density at radius 3 is 1.72 bits per heavy atom. The third-order valence-electron chi connectivity index (χ3n) is 4.64. The van der Waals surface area contributed by atoms with Gasteiger partial charge in [-0.3, -0.25) is 34.7 Å². The number of aryl methyl sites for hydroxylation is 2. The van der Waals surface area contributed by atoms with Gasteiger partial charge in [0.1, 0.15) is 11.4 Å². The van der Waals surface area contributed by atoms with E-state index in [4.69, 9.17) is 5.73 Å². The number of amides is 2. The maximum absolute atomic E-state index is 13.1. The average Bonchev–Trinajstić information content (AvgIpc) is 3.32. The molecule has 0 aromatic carbocycles. The van der Waals surface area contributed by atoms with Crippen LogP contribution in [0.4, 0.5) is 11.4 Å². The summed E-state index contributed by atoms with van der Waals surface area (Å²) in [5, 5.41) is 28.3. The molecular weight excluding hydrogens is 424 g/mol. The quantitative estimate of drug-likeness (QED) is 0.167. The maximum atomic E-state index is 13.1. The molecule has 4 N–H and O–H groups in total. The van der Waals surface area contributed by atoms with Crippen molar-refractivity contribution < 1.29 is 19.4 Å². The summed E-state index contributed by atoms with van der Waals surface area (Å²) in [5.41, 5.74) is 4.70. The number of hydrogen-bond acceptors (Lipinski definition) is 9. The summed E-state index contributed by atoms with van der Waals surface area (Å²) < 4.78 is 2.52. The first-order valence-electron chi connectivity index (χ1n) is 9.76. The minimum atomic E-state index is -0.752. The van der Waals surface area contributed by atoms with E-state index in [0.717, 1.165) is 17.0 Å². The molecule has 2 aromatic heterocycles. The molecule has 0 saturated carbocycles. The number of carbonyl (C=O) groups excluding carboxylic acids is 2. The number of imide groups is 1. The highest BCUT2D eigenvalue weighted by Gasteiger charge is 2.30. The molecule has 14 nitrogen and oxygen atoms in total. The Kier molecular flexibility index (Phi) is 8.57. The number of carbonyl (C=O) groups is 2. The molecule has 0 aliphatic rings. The van der Waals surface area contributed by atoms with Crippen molar-refractivity contribution in [3.8, 4) is 0 Å². The van der Waals surface area contributed by atoms with E-state index in [1.165, 1.54) is 35.6 Å². The molecule has 174 valence electrons. The second kappa shape index (κ2) is 11.1. The van der Waals surface area contributed by atoms with Gasteiger partial charge < -0.3 is 25.5 Å². The summed E-state index contributed by atoms with van der Waals surface area (Å²) in [5.74, 6) is -1.50. The van der Waals surface area contributed by atoms with Crippen LogP contribution in [-0.2, 0) is 14.1 Å². The fourth-order valence-electron chi connectivity index (χ4n) is 3.01. The summed E-state index contributed by atoms with van der Waals surface area (Å²) in [6.45, 7) is 2.55. The second-order valence-electron chi connectivity index (χ2n) is 6.95. The van der Waals surface area contributed by atoms with Crippen molar-refractivity contribution in [2.24, 2.45) is 19.8 Å². The number of rotatable bonds is 12. The van der Waals surface area contributed by atoms with E-state index in [1.807, 2.05) is 0 Å². The van der Waals surface area contributed by atoms with Crippen LogP contribution in [0.15, 0.2) is 24.5 Å². The standard InChI is InChI=1S/C18H26N8O6/c1-22-11-13(25(29)30)9-15(22)17(27)24(8-7-21-6-5-20-4-3-19)18(28)16-10-14(26(31)32)12-23(16)2/h9-12,20-21H,3-8,19H2,1-2H3. The number of nitrogens with two attached hydrogens (primary N) is 1. The van der Waals surface area contributed by atoms with E-state index in [0.29, 0.717) is 26.2 Å². The molecule has 2 amide bonds. The van der Waals surface area contributed by atoms with Crippen LogP contribution >= 0.6 is 0 Å². The van der Waals surface area contributed by atoms with Crippen LogP contribution in [-0.4, -0.2) is 75.0 Å². The summed E-state index contributed by atoms with van der Waals surface area (Å²) in [6, 6.07) is 2.17. The maximum Gasteiger partial charge on any atom is 0.287 e. The fraction of sp³-hybridized carbons (Fsp3) is 0.444. The van der Waals surface area contributed by atoms with Crippen LogP contribution in [0.5, 0.6) is 0 Å². The molecule has 0 spiro atoms. The summed E-state index contributed by atoms with van der Waals surface area (Å²) in [4.78, 5) is 48.0. The van der Waals surface area contributed by atoms with E-state index >= 15 is 0 Å². The summed E-state index contributed by atoms with van der Waals surface area (Å²) >= 11 is 0. The normalized spacial score (nSPS) is 10.8. The van der Waals surface area contributed by atoms with Gasteiger partial charge >= 0.3 is 0 Å². The number of nitrogens with one attached hydrogen (secondary N) is 2. The SMILES string of the molecule is Cn1cc([N+](=O)[O-])cc1C(=O)N(CCNCCNCCN)C(=O)c1cc([N+](=O)[O-])cn1C. The highest BCUT2D eigenvalue weighted by molar-refractivity contribution is 6.09. The van der Waals surface area contributed by atoms with Gasteiger partial charge in [-0.15, -0.1) is 0 Å². The van der Waals surface area contributed by atoms with Crippen LogP contribution < -0.4 is 16.4 Å². The Bertz CT molecular complexity index is 928. The van der Waals surface area contributed by atoms with Gasteiger partial charge in [-0.1, -0.05) is 0 Å². The lowest BCUT2D eigenvalue weighted by Crippen LogP contribution is -2.43. The predicted octanol–water partition coefficient (Wildman–Crippen LogP) is -0.399. The van der Waals surface area contributed by atoms with Crippen molar-refractivity contribution in [1.82, 2.24) is 24.7 Å². The molecule has 0 saturated heterocycles. The number of nitrogens with zero attached hydrogens (tertiary/aromatic N) is 5. The Morgan fingerprint density at radius 1 is 0.906 bits per heavy atom. The Hall–Kier alpha value is -3.62. The van der Waals surface area contributed by atoms with Gasteiger partial charge in [-0.2, -0.15) is 0 Å². The summed E-state index contributed by atoms with van der Waals surface area (Å²) in [6.07, 6.45) is 2.34.